The van der Waals surface area contributed by atoms with Crippen LogP contribution >= 0.6 is 0 Å². The van der Waals surface area contributed by atoms with Gasteiger partial charge < -0.3 is 9.84 Å². The van der Waals surface area contributed by atoms with Gasteiger partial charge in [-0.05, 0) is 30.5 Å². The molecule has 6 nitrogen and oxygen atoms in total. The Labute approximate surface area is 118 Å². The Balaban J connectivity index is 2.85. The Hall–Kier alpha value is -1.44. The second-order valence-electron chi connectivity index (χ2n) is 4.49. The molecule has 0 radical (unpaired) electrons. The maximum atomic E-state index is 12.1. The number of rotatable bonds is 7. The lowest BCUT2D eigenvalue weighted by Gasteiger charge is -2.12. The fourth-order valence-corrected chi connectivity index (χ4v) is 2.78. The molecular formula is C13H19NO5S. The van der Waals surface area contributed by atoms with Crippen molar-refractivity contribution >= 4 is 16.0 Å². The second kappa shape index (κ2) is 7.37. The number of ether oxygens (including phenoxy) is 1. The normalized spacial score (nSPS) is 12.9. The first-order valence-electron chi connectivity index (χ1n) is 6.19. The molecule has 1 aromatic carbocycles. The zero-order valence-electron chi connectivity index (χ0n) is 11.5. The Morgan fingerprint density at radius 2 is 2.15 bits per heavy atom. The molecule has 1 aromatic rings. The predicted octanol–water partition coefficient (Wildman–Crippen LogP) is 0.770. The van der Waals surface area contributed by atoms with Gasteiger partial charge in [0, 0.05) is 13.2 Å². The molecule has 1 atom stereocenters. The van der Waals surface area contributed by atoms with Gasteiger partial charge in [0.1, 0.15) is 0 Å². The molecule has 0 heterocycles. The van der Waals surface area contributed by atoms with Crippen LogP contribution in [0.4, 0.5) is 0 Å². The minimum atomic E-state index is -3.68. The van der Waals surface area contributed by atoms with Crippen LogP contribution in [0.5, 0.6) is 0 Å². The summed E-state index contributed by atoms with van der Waals surface area (Å²) in [5.74, 6) is -0.561. The number of aliphatic hydroxyl groups is 1. The van der Waals surface area contributed by atoms with Crippen molar-refractivity contribution in [3.05, 3.63) is 29.8 Å². The fraction of sp³-hybridized carbons (Fsp3) is 0.462. The number of aliphatic hydroxyl groups excluding tert-OH is 1. The van der Waals surface area contributed by atoms with E-state index in [4.69, 9.17) is 5.11 Å². The number of hydrogen-bond acceptors (Lipinski definition) is 5. The smallest absolute Gasteiger partial charge is 0.337 e. The highest BCUT2D eigenvalue weighted by Crippen LogP contribution is 2.13. The van der Waals surface area contributed by atoms with Crippen molar-refractivity contribution in [3.63, 3.8) is 0 Å². The van der Waals surface area contributed by atoms with Crippen LogP contribution in [0.2, 0.25) is 0 Å². The number of carbonyl (C=O) groups is 1. The van der Waals surface area contributed by atoms with E-state index in [2.05, 4.69) is 9.46 Å². The molecule has 112 valence electrons. The van der Waals surface area contributed by atoms with Crippen molar-refractivity contribution in [2.75, 3.05) is 20.3 Å². The first-order valence-corrected chi connectivity index (χ1v) is 7.68. The summed E-state index contributed by atoms with van der Waals surface area (Å²) >= 11 is 0. The van der Waals surface area contributed by atoms with Crippen molar-refractivity contribution in [1.82, 2.24) is 4.72 Å². The van der Waals surface area contributed by atoms with E-state index in [-0.39, 0.29) is 29.5 Å². The Bertz CT molecular complexity index is 556. The average Bonchev–Trinajstić information content (AvgIpc) is 2.45. The molecule has 0 aromatic heterocycles. The molecule has 0 aliphatic rings. The summed E-state index contributed by atoms with van der Waals surface area (Å²) in [6.45, 7) is 2.08. The van der Waals surface area contributed by atoms with E-state index >= 15 is 0 Å². The molecule has 1 rings (SSSR count). The van der Waals surface area contributed by atoms with Crippen molar-refractivity contribution in [3.8, 4) is 0 Å². The van der Waals surface area contributed by atoms with Gasteiger partial charge in [0.25, 0.3) is 0 Å². The number of nitrogens with one attached hydrogen (secondary N) is 1. The highest BCUT2D eigenvalue weighted by molar-refractivity contribution is 7.89. The van der Waals surface area contributed by atoms with Crippen molar-refractivity contribution in [2.45, 2.75) is 18.2 Å². The molecular weight excluding hydrogens is 282 g/mol. The van der Waals surface area contributed by atoms with Gasteiger partial charge in [0.05, 0.1) is 17.6 Å². The minimum Gasteiger partial charge on any atom is -0.465 e. The molecule has 20 heavy (non-hydrogen) atoms. The molecule has 0 spiro atoms. The topological polar surface area (TPSA) is 92.7 Å². The molecule has 2 N–H and O–H groups in total. The summed E-state index contributed by atoms with van der Waals surface area (Å²) in [6.07, 6.45) is 0.519. The Kier molecular flexibility index (Phi) is 6.12. The summed E-state index contributed by atoms with van der Waals surface area (Å²) in [7, 11) is -2.44. The summed E-state index contributed by atoms with van der Waals surface area (Å²) in [4.78, 5) is 11.4. The monoisotopic (exact) mass is 301 g/mol. The van der Waals surface area contributed by atoms with Crippen LogP contribution in [0.25, 0.3) is 0 Å². The third-order valence-corrected chi connectivity index (χ3v) is 4.23. The van der Waals surface area contributed by atoms with Crippen LogP contribution < -0.4 is 4.72 Å². The van der Waals surface area contributed by atoms with Crippen molar-refractivity contribution in [1.29, 1.82) is 0 Å². The standard InChI is InChI=1S/C13H19NO5S/c1-10(6-7-15)9-14-20(17,18)12-5-3-4-11(8-12)13(16)19-2/h3-5,8,10,14-15H,6-7,9H2,1-2H3. The van der Waals surface area contributed by atoms with Crippen molar-refractivity contribution < 1.29 is 23.1 Å². The fourth-order valence-electron chi connectivity index (χ4n) is 1.57. The van der Waals surface area contributed by atoms with E-state index in [9.17, 15) is 13.2 Å². The number of hydrogen-bond donors (Lipinski definition) is 2. The lowest BCUT2D eigenvalue weighted by molar-refractivity contribution is 0.0600. The van der Waals surface area contributed by atoms with Gasteiger partial charge in [-0.2, -0.15) is 0 Å². The molecule has 0 bridgehead atoms. The SMILES string of the molecule is COC(=O)c1cccc(S(=O)(=O)NCC(C)CCO)c1. The highest BCUT2D eigenvalue weighted by Gasteiger charge is 2.17. The third kappa shape index (κ3) is 4.59. The zero-order valence-corrected chi connectivity index (χ0v) is 12.3. The van der Waals surface area contributed by atoms with Gasteiger partial charge in [0.15, 0.2) is 0 Å². The number of sulfonamides is 1. The molecule has 0 aliphatic heterocycles. The van der Waals surface area contributed by atoms with Gasteiger partial charge in [-0.1, -0.05) is 13.0 Å². The summed E-state index contributed by atoms with van der Waals surface area (Å²) in [5.41, 5.74) is 0.179. The maximum absolute atomic E-state index is 12.1. The van der Waals surface area contributed by atoms with E-state index in [1.807, 2.05) is 6.92 Å². The summed E-state index contributed by atoms with van der Waals surface area (Å²) in [6, 6.07) is 5.65. The van der Waals surface area contributed by atoms with Gasteiger partial charge in [-0.15, -0.1) is 0 Å². The van der Waals surface area contributed by atoms with Crippen LogP contribution in [0, 0.1) is 5.92 Å². The largest absolute Gasteiger partial charge is 0.465 e. The van der Waals surface area contributed by atoms with E-state index in [1.165, 1.54) is 31.4 Å². The Morgan fingerprint density at radius 3 is 2.75 bits per heavy atom. The van der Waals surface area contributed by atoms with Crippen LogP contribution in [-0.2, 0) is 14.8 Å². The Morgan fingerprint density at radius 1 is 1.45 bits per heavy atom. The van der Waals surface area contributed by atoms with E-state index < -0.39 is 16.0 Å². The lowest BCUT2D eigenvalue weighted by atomic mass is 10.1. The summed E-state index contributed by atoms with van der Waals surface area (Å²) < 4.78 is 31.2. The number of methoxy groups -OCH3 is 1. The predicted molar refractivity (Wildman–Crippen MR) is 73.8 cm³/mol. The second-order valence-corrected chi connectivity index (χ2v) is 6.26. The maximum Gasteiger partial charge on any atom is 0.337 e. The number of benzene rings is 1. The molecule has 1 unspecified atom stereocenters. The summed E-state index contributed by atoms with van der Waals surface area (Å²) in [5, 5.41) is 8.78. The van der Waals surface area contributed by atoms with Gasteiger partial charge in [0.2, 0.25) is 10.0 Å². The third-order valence-electron chi connectivity index (χ3n) is 2.81. The minimum absolute atomic E-state index is 0.0107. The van der Waals surface area contributed by atoms with E-state index in [0.717, 1.165) is 0 Å². The van der Waals surface area contributed by atoms with Crippen molar-refractivity contribution in [2.24, 2.45) is 5.92 Å². The first-order chi connectivity index (χ1) is 9.40. The quantitative estimate of drug-likeness (QED) is 0.726. The molecule has 0 fully saturated rings. The number of esters is 1. The average molecular weight is 301 g/mol. The van der Waals surface area contributed by atoms with Gasteiger partial charge >= 0.3 is 5.97 Å². The van der Waals surface area contributed by atoms with Crippen LogP contribution in [0.15, 0.2) is 29.2 Å². The van der Waals surface area contributed by atoms with E-state index in [1.54, 1.807) is 0 Å². The molecule has 0 saturated carbocycles. The lowest BCUT2D eigenvalue weighted by Crippen LogP contribution is -2.29. The molecule has 7 heteroatoms. The molecule has 0 aliphatic carbocycles. The van der Waals surface area contributed by atoms with Gasteiger partial charge in [-0.25, -0.2) is 17.9 Å². The van der Waals surface area contributed by atoms with Gasteiger partial charge in [-0.3, -0.25) is 0 Å². The van der Waals surface area contributed by atoms with E-state index in [0.29, 0.717) is 6.42 Å². The number of carbonyl (C=O) groups excluding carboxylic acids is 1. The first kappa shape index (κ1) is 16.6. The van der Waals surface area contributed by atoms with Crippen LogP contribution in [0.1, 0.15) is 23.7 Å². The molecule has 0 amide bonds. The van der Waals surface area contributed by atoms with Crippen LogP contribution in [-0.4, -0.2) is 39.8 Å². The van der Waals surface area contributed by atoms with Crippen LogP contribution in [0.3, 0.4) is 0 Å². The molecule has 0 saturated heterocycles. The highest BCUT2D eigenvalue weighted by atomic mass is 32.2. The zero-order chi connectivity index (χ0) is 15.2.